The molecule has 0 radical (unpaired) electrons. The first-order chi connectivity index (χ1) is 10.3. The second kappa shape index (κ2) is 6.56. The summed E-state index contributed by atoms with van der Waals surface area (Å²) in [6.07, 6.45) is 5.24. The van der Waals surface area contributed by atoms with Crippen LogP contribution in [0.15, 0.2) is 18.2 Å². The molecule has 114 valence electrons. The van der Waals surface area contributed by atoms with Crippen LogP contribution < -0.4 is 5.32 Å². The first-order valence-electron chi connectivity index (χ1n) is 8.05. The number of piperidine rings is 2. The Balaban J connectivity index is 1.75. The number of nitrogens with one attached hydrogen (secondary N) is 1. The molecule has 4 heteroatoms. The van der Waals surface area contributed by atoms with Gasteiger partial charge in [-0.2, -0.15) is 0 Å². The Bertz CT molecular complexity index is 506. The number of hydrogen-bond acceptors (Lipinski definition) is 2. The fourth-order valence-corrected chi connectivity index (χ4v) is 3.40. The number of rotatable bonds is 2. The Hall–Kier alpha value is -1.42. The number of benzene rings is 1. The Morgan fingerprint density at radius 2 is 1.86 bits per heavy atom. The summed E-state index contributed by atoms with van der Waals surface area (Å²) in [6, 6.07) is 5.06. The first-order valence-corrected chi connectivity index (χ1v) is 8.05. The Labute approximate surface area is 125 Å². The van der Waals surface area contributed by atoms with E-state index in [2.05, 4.69) is 5.32 Å². The second-order valence-electron chi connectivity index (χ2n) is 6.11. The molecule has 0 atom stereocenters. The fraction of sp³-hybridized carbons (Fsp3) is 0.588. The van der Waals surface area contributed by atoms with Gasteiger partial charge in [0.25, 0.3) is 5.91 Å². The highest BCUT2D eigenvalue weighted by atomic mass is 19.1. The van der Waals surface area contributed by atoms with Crippen LogP contribution >= 0.6 is 0 Å². The summed E-state index contributed by atoms with van der Waals surface area (Å²) in [7, 11) is 0. The lowest BCUT2D eigenvalue weighted by molar-refractivity contribution is 0.0724. The van der Waals surface area contributed by atoms with E-state index < -0.39 is 0 Å². The number of halogens is 1. The van der Waals surface area contributed by atoms with Gasteiger partial charge in [0.2, 0.25) is 0 Å². The average Bonchev–Trinajstić information content (AvgIpc) is 2.55. The Morgan fingerprint density at radius 3 is 2.52 bits per heavy atom. The minimum atomic E-state index is -0.218. The molecule has 2 heterocycles. The van der Waals surface area contributed by atoms with E-state index in [1.54, 1.807) is 6.07 Å². The molecule has 0 saturated carbocycles. The minimum absolute atomic E-state index is 0.0227. The van der Waals surface area contributed by atoms with Crippen molar-refractivity contribution in [1.82, 2.24) is 10.2 Å². The number of hydrogen-bond donors (Lipinski definition) is 1. The maximum atomic E-state index is 14.4. The van der Waals surface area contributed by atoms with Crippen molar-refractivity contribution < 1.29 is 9.18 Å². The molecule has 1 aromatic carbocycles. The van der Waals surface area contributed by atoms with Gasteiger partial charge < -0.3 is 10.2 Å². The van der Waals surface area contributed by atoms with E-state index in [1.807, 2.05) is 11.0 Å². The molecule has 0 aliphatic carbocycles. The van der Waals surface area contributed by atoms with Gasteiger partial charge in [0, 0.05) is 18.7 Å². The molecule has 21 heavy (non-hydrogen) atoms. The van der Waals surface area contributed by atoms with Gasteiger partial charge >= 0.3 is 0 Å². The van der Waals surface area contributed by atoms with E-state index in [-0.39, 0.29) is 17.6 Å². The molecule has 0 spiro atoms. The van der Waals surface area contributed by atoms with Crippen LogP contribution in [0.1, 0.15) is 53.9 Å². The minimum Gasteiger partial charge on any atom is -0.339 e. The molecule has 0 aromatic heterocycles. The van der Waals surface area contributed by atoms with Crippen LogP contribution in [-0.2, 0) is 0 Å². The van der Waals surface area contributed by atoms with Gasteiger partial charge in [-0.25, -0.2) is 4.39 Å². The van der Waals surface area contributed by atoms with E-state index in [0.717, 1.165) is 57.4 Å². The molecule has 3 rings (SSSR count). The predicted molar refractivity (Wildman–Crippen MR) is 81.0 cm³/mol. The molecule has 2 aliphatic rings. The quantitative estimate of drug-likeness (QED) is 0.908. The van der Waals surface area contributed by atoms with Gasteiger partial charge in [-0.1, -0.05) is 6.07 Å². The molecular formula is C17H23FN2O. The van der Waals surface area contributed by atoms with E-state index in [4.69, 9.17) is 0 Å². The van der Waals surface area contributed by atoms with Crippen molar-refractivity contribution in [2.75, 3.05) is 26.2 Å². The van der Waals surface area contributed by atoms with E-state index in [9.17, 15) is 9.18 Å². The maximum Gasteiger partial charge on any atom is 0.253 e. The summed E-state index contributed by atoms with van der Waals surface area (Å²) in [5.41, 5.74) is 1.26. The molecule has 2 saturated heterocycles. The largest absolute Gasteiger partial charge is 0.339 e. The number of likely N-dealkylation sites (tertiary alicyclic amines) is 1. The van der Waals surface area contributed by atoms with E-state index >= 15 is 0 Å². The molecule has 1 N–H and O–H groups in total. The molecule has 0 unspecified atom stereocenters. The van der Waals surface area contributed by atoms with Crippen LogP contribution in [0.2, 0.25) is 0 Å². The standard InChI is InChI=1S/C17H23FN2O/c18-16-12-14(17(21)20-10-2-1-3-11-20)4-5-15(16)13-6-8-19-9-7-13/h4-5,12-13,19H,1-3,6-11H2. The van der Waals surface area contributed by atoms with Crippen LogP contribution in [-0.4, -0.2) is 37.0 Å². The van der Waals surface area contributed by atoms with Crippen molar-refractivity contribution in [2.45, 2.75) is 38.0 Å². The number of carbonyl (C=O) groups excluding carboxylic acids is 1. The van der Waals surface area contributed by atoms with Gasteiger partial charge in [-0.3, -0.25) is 4.79 Å². The zero-order chi connectivity index (χ0) is 14.7. The van der Waals surface area contributed by atoms with Gasteiger partial charge in [0.15, 0.2) is 0 Å². The third kappa shape index (κ3) is 3.26. The monoisotopic (exact) mass is 290 g/mol. The maximum absolute atomic E-state index is 14.4. The predicted octanol–water partition coefficient (Wildman–Crippen LogP) is 2.92. The van der Waals surface area contributed by atoms with Gasteiger partial charge in [-0.05, 0) is 68.8 Å². The number of carbonyl (C=O) groups is 1. The third-order valence-electron chi connectivity index (χ3n) is 4.67. The van der Waals surface area contributed by atoms with Gasteiger partial charge in [0.05, 0.1) is 0 Å². The highest BCUT2D eigenvalue weighted by Gasteiger charge is 2.22. The second-order valence-corrected chi connectivity index (χ2v) is 6.11. The molecular weight excluding hydrogens is 267 g/mol. The normalized spacial score (nSPS) is 20.5. The van der Waals surface area contributed by atoms with Crippen molar-refractivity contribution in [3.8, 4) is 0 Å². The number of amides is 1. The summed E-state index contributed by atoms with van der Waals surface area (Å²) in [5.74, 6) is 0.0422. The zero-order valence-corrected chi connectivity index (χ0v) is 12.4. The molecule has 0 bridgehead atoms. The zero-order valence-electron chi connectivity index (χ0n) is 12.4. The Morgan fingerprint density at radius 1 is 1.14 bits per heavy atom. The molecule has 2 aliphatic heterocycles. The SMILES string of the molecule is O=C(c1ccc(C2CCNCC2)c(F)c1)N1CCCCC1. The van der Waals surface area contributed by atoms with Crippen LogP contribution in [0.4, 0.5) is 4.39 Å². The molecule has 1 amide bonds. The van der Waals surface area contributed by atoms with Gasteiger partial charge in [-0.15, -0.1) is 0 Å². The number of nitrogens with zero attached hydrogens (tertiary/aromatic N) is 1. The molecule has 2 fully saturated rings. The lowest BCUT2D eigenvalue weighted by Crippen LogP contribution is -2.35. The highest BCUT2D eigenvalue weighted by molar-refractivity contribution is 5.94. The van der Waals surface area contributed by atoms with Crippen molar-refractivity contribution >= 4 is 5.91 Å². The average molecular weight is 290 g/mol. The van der Waals surface area contributed by atoms with E-state index in [0.29, 0.717) is 5.56 Å². The summed E-state index contributed by atoms with van der Waals surface area (Å²) in [6.45, 7) is 3.49. The summed E-state index contributed by atoms with van der Waals surface area (Å²) >= 11 is 0. The van der Waals surface area contributed by atoms with Crippen molar-refractivity contribution in [3.05, 3.63) is 35.1 Å². The summed E-state index contributed by atoms with van der Waals surface area (Å²) in [4.78, 5) is 14.2. The lowest BCUT2D eigenvalue weighted by Gasteiger charge is -2.27. The van der Waals surface area contributed by atoms with E-state index in [1.165, 1.54) is 12.5 Å². The fourth-order valence-electron chi connectivity index (χ4n) is 3.40. The third-order valence-corrected chi connectivity index (χ3v) is 4.67. The molecule has 3 nitrogen and oxygen atoms in total. The van der Waals surface area contributed by atoms with Crippen molar-refractivity contribution in [1.29, 1.82) is 0 Å². The molecule has 1 aromatic rings. The van der Waals surface area contributed by atoms with Crippen LogP contribution in [0.25, 0.3) is 0 Å². The van der Waals surface area contributed by atoms with Crippen LogP contribution in [0.5, 0.6) is 0 Å². The van der Waals surface area contributed by atoms with Crippen LogP contribution in [0, 0.1) is 5.82 Å². The summed E-state index contributed by atoms with van der Waals surface area (Å²) < 4.78 is 14.4. The smallest absolute Gasteiger partial charge is 0.253 e. The van der Waals surface area contributed by atoms with Crippen LogP contribution in [0.3, 0.4) is 0 Å². The first kappa shape index (κ1) is 14.5. The van der Waals surface area contributed by atoms with Crippen molar-refractivity contribution in [2.24, 2.45) is 0 Å². The lowest BCUT2D eigenvalue weighted by atomic mass is 9.89. The van der Waals surface area contributed by atoms with Gasteiger partial charge in [0.1, 0.15) is 5.82 Å². The summed E-state index contributed by atoms with van der Waals surface area (Å²) in [5, 5.41) is 3.29. The highest BCUT2D eigenvalue weighted by Crippen LogP contribution is 2.28. The Kier molecular flexibility index (Phi) is 4.54. The van der Waals surface area contributed by atoms with Crippen molar-refractivity contribution in [3.63, 3.8) is 0 Å². The topological polar surface area (TPSA) is 32.3 Å².